The molecule has 1 aliphatic heterocycles. The van der Waals surface area contributed by atoms with Crippen molar-refractivity contribution in [2.45, 2.75) is 6.54 Å². The lowest BCUT2D eigenvalue weighted by Crippen LogP contribution is -2.32. The zero-order valence-corrected chi connectivity index (χ0v) is 15.3. The topological polar surface area (TPSA) is 77.0 Å². The average Bonchev–Trinajstić information content (AvgIpc) is 3.38. The van der Waals surface area contributed by atoms with Crippen molar-refractivity contribution in [2.75, 3.05) is 25.4 Å². The molecule has 0 atom stereocenters. The second kappa shape index (κ2) is 7.69. The van der Waals surface area contributed by atoms with Gasteiger partial charge in [0.1, 0.15) is 24.8 Å². The number of ether oxygens (including phenoxy) is 1. The molecule has 0 saturated heterocycles. The highest BCUT2D eigenvalue weighted by atomic mass is 19.1. The van der Waals surface area contributed by atoms with E-state index in [9.17, 15) is 9.50 Å². The van der Waals surface area contributed by atoms with Crippen molar-refractivity contribution in [3.05, 3.63) is 66.2 Å². The van der Waals surface area contributed by atoms with E-state index in [2.05, 4.69) is 15.3 Å². The minimum absolute atomic E-state index is 0.207. The van der Waals surface area contributed by atoms with E-state index in [0.717, 1.165) is 16.8 Å². The third-order valence-corrected chi connectivity index (χ3v) is 4.65. The molecule has 0 aliphatic carbocycles. The molecule has 0 saturated carbocycles. The van der Waals surface area contributed by atoms with Gasteiger partial charge in [0.05, 0.1) is 19.0 Å². The molecular weight excluding hydrogens is 361 g/mol. The smallest absolute Gasteiger partial charge is 0.153 e. The molecule has 2 heterocycles. The Hall–Kier alpha value is -3.39. The normalized spacial score (nSPS) is 13.8. The SMILES string of the molecule is COc1ccc(F)cc1CN1CN(c2ccc(-c3cn[nH]c3)cc2)N=C1CO. The summed E-state index contributed by atoms with van der Waals surface area (Å²) in [6, 6.07) is 12.3. The molecule has 0 radical (unpaired) electrons. The highest BCUT2D eigenvalue weighted by Gasteiger charge is 2.24. The first-order chi connectivity index (χ1) is 13.7. The van der Waals surface area contributed by atoms with Crippen LogP contribution < -0.4 is 9.75 Å². The molecule has 0 amide bonds. The van der Waals surface area contributed by atoms with Gasteiger partial charge in [0.15, 0.2) is 5.84 Å². The Kier molecular flexibility index (Phi) is 4.94. The summed E-state index contributed by atoms with van der Waals surface area (Å²) in [7, 11) is 1.55. The number of aliphatic hydroxyl groups excluding tert-OH is 1. The lowest BCUT2D eigenvalue weighted by molar-refractivity contribution is 0.324. The zero-order chi connectivity index (χ0) is 19.5. The minimum Gasteiger partial charge on any atom is -0.496 e. The van der Waals surface area contributed by atoms with Crippen molar-refractivity contribution in [3.8, 4) is 16.9 Å². The van der Waals surface area contributed by atoms with Crippen LogP contribution in [-0.2, 0) is 6.54 Å². The molecule has 144 valence electrons. The van der Waals surface area contributed by atoms with Crippen molar-refractivity contribution < 1.29 is 14.2 Å². The summed E-state index contributed by atoms with van der Waals surface area (Å²) in [6.45, 7) is 0.617. The van der Waals surface area contributed by atoms with E-state index in [1.807, 2.05) is 35.4 Å². The second-order valence-corrected chi connectivity index (χ2v) is 6.40. The Bertz CT molecular complexity index is 973. The molecular formula is C20H20FN5O2. The standard InChI is InChI=1S/C20H20FN5O2/c1-28-19-7-4-17(21)8-15(19)11-25-13-26(24-20(25)12-27)18-5-2-14(3-6-18)16-9-22-23-10-16/h2-10,27H,11-13H2,1H3,(H,22,23). The number of methoxy groups -OCH3 is 1. The first kappa shape index (κ1) is 18.0. The molecule has 0 spiro atoms. The molecule has 8 heteroatoms. The van der Waals surface area contributed by atoms with E-state index < -0.39 is 0 Å². The first-order valence-electron chi connectivity index (χ1n) is 8.80. The number of hydrogen-bond donors (Lipinski definition) is 2. The molecule has 0 bridgehead atoms. The van der Waals surface area contributed by atoms with Gasteiger partial charge in [-0.15, -0.1) is 0 Å². The van der Waals surface area contributed by atoms with Crippen LogP contribution in [0, 0.1) is 5.82 Å². The molecule has 28 heavy (non-hydrogen) atoms. The number of hydrazone groups is 1. The maximum atomic E-state index is 13.7. The van der Waals surface area contributed by atoms with Crippen LogP contribution in [0.25, 0.3) is 11.1 Å². The van der Waals surface area contributed by atoms with Crippen LogP contribution in [0.5, 0.6) is 5.75 Å². The average molecular weight is 381 g/mol. The molecule has 3 aromatic rings. The summed E-state index contributed by atoms with van der Waals surface area (Å²) in [4.78, 5) is 1.89. The number of halogens is 1. The van der Waals surface area contributed by atoms with E-state index in [1.165, 1.54) is 12.1 Å². The molecule has 7 nitrogen and oxygen atoms in total. The van der Waals surface area contributed by atoms with E-state index >= 15 is 0 Å². The lowest BCUT2D eigenvalue weighted by Gasteiger charge is -2.22. The molecule has 1 aromatic heterocycles. The van der Waals surface area contributed by atoms with Crippen LogP contribution in [-0.4, -0.2) is 46.4 Å². The van der Waals surface area contributed by atoms with E-state index in [-0.39, 0.29) is 12.4 Å². The Morgan fingerprint density at radius 3 is 2.68 bits per heavy atom. The van der Waals surface area contributed by atoms with Crippen LogP contribution in [0.4, 0.5) is 10.1 Å². The van der Waals surface area contributed by atoms with Gasteiger partial charge in [0, 0.05) is 23.9 Å². The molecule has 0 unspecified atom stereocenters. The van der Waals surface area contributed by atoms with Gasteiger partial charge >= 0.3 is 0 Å². The summed E-state index contributed by atoms with van der Waals surface area (Å²) in [6.07, 6.45) is 3.60. The number of rotatable bonds is 6. The van der Waals surface area contributed by atoms with Crippen LogP contribution in [0.2, 0.25) is 0 Å². The molecule has 0 fully saturated rings. The summed E-state index contributed by atoms with van der Waals surface area (Å²) >= 11 is 0. The maximum absolute atomic E-state index is 13.7. The summed E-state index contributed by atoms with van der Waals surface area (Å²) in [5.74, 6) is 0.788. The third-order valence-electron chi connectivity index (χ3n) is 4.65. The van der Waals surface area contributed by atoms with Crippen LogP contribution in [0.3, 0.4) is 0 Å². The largest absolute Gasteiger partial charge is 0.496 e. The maximum Gasteiger partial charge on any atom is 0.153 e. The minimum atomic E-state index is -0.329. The zero-order valence-electron chi connectivity index (χ0n) is 15.3. The van der Waals surface area contributed by atoms with Crippen molar-refractivity contribution in [2.24, 2.45) is 5.10 Å². The summed E-state index contributed by atoms with van der Waals surface area (Å²) < 4.78 is 19.0. The van der Waals surface area contributed by atoms with Crippen molar-refractivity contribution in [1.82, 2.24) is 15.1 Å². The first-order valence-corrected chi connectivity index (χ1v) is 8.80. The molecule has 2 N–H and O–H groups in total. The number of hydrogen-bond acceptors (Lipinski definition) is 6. The van der Waals surface area contributed by atoms with Gasteiger partial charge in [-0.3, -0.25) is 5.10 Å². The van der Waals surface area contributed by atoms with Crippen molar-refractivity contribution in [1.29, 1.82) is 0 Å². The third kappa shape index (κ3) is 3.54. The van der Waals surface area contributed by atoms with Crippen LogP contribution >= 0.6 is 0 Å². The fraction of sp³-hybridized carbons (Fsp3) is 0.200. The highest BCUT2D eigenvalue weighted by Crippen LogP contribution is 2.27. The highest BCUT2D eigenvalue weighted by molar-refractivity contribution is 5.86. The number of H-pyrrole nitrogens is 1. The fourth-order valence-electron chi connectivity index (χ4n) is 3.20. The number of benzene rings is 2. The number of aromatic nitrogens is 2. The van der Waals surface area contributed by atoms with Crippen molar-refractivity contribution in [3.63, 3.8) is 0 Å². The second-order valence-electron chi connectivity index (χ2n) is 6.40. The van der Waals surface area contributed by atoms with Gasteiger partial charge in [-0.05, 0) is 35.9 Å². The van der Waals surface area contributed by atoms with E-state index in [0.29, 0.717) is 30.4 Å². The quantitative estimate of drug-likeness (QED) is 0.687. The number of aliphatic hydroxyl groups is 1. The lowest BCUT2D eigenvalue weighted by atomic mass is 10.1. The van der Waals surface area contributed by atoms with Crippen molar-refractivity contribution >= 4 is 11.5 Å². The van der Waals surface area contributed by atoms with Gasteiger partial charge in [-0.1, -0.05) is 12.1 Å². The number of aromatic amines is 1. The Morgan fingerprint density at radius 2 is 2.00 bits per heavy atom. The summed E-state index contributed by atoms with van der Waals surface area (Å²) in [5, 5.41) is 22.8. The van der Waals surface area contributed by atoms with Gasteiger partial charge in [-0.2, -0.15) is 10.2 Å². The van der Waals surface area contributed by atoms with Crippen LogP contribution in [0.15, 0.2) is 60.0 Å². The van der Waals surface area contributed by atoms with E-state index in [1.54, 1.807) is 24.4 Å². The van der Waals surface area contributed by atoms with Gasteiger partial charge in [-0.25, -0.2) is 9.40 Å². The number of anilines is 1. The van der Waals surface area contributed by atoms with E-state index in [4.69, 9.17) is 4.74 Å². The Morgan fingerprint density at radius 1 is 1.18 bits per heavy atom. The predicted molar refractivity (Wildman–Crippen MR) is 104 cm³/mol. The molecule has 4 rings (SSSR count). The number of nitrogens with one attached hydrogen (secondary N) is 1. The summed E-state index contributed by atoms with van der Waals surface area (Å²) in [5.41, 5.74) is 3.64. The predicted octanol–water partition coefficient (Wildman–Crippen LogP) is 2.81. The Labute approximate surface area is 161 Å². The molecule has 1 aliphatic rings. The monoisotopic (exact) mass is 381 g/mol. The van der Waals surface area contributed by atoms with Gasteiger partial charge in [0.2, 0.25) is 0 Å². The van der Waals surface area contributed by atoms with Crippen LogP contribution in [0.1, 0.15) is 5.56 Å². The number of nitrogens with zero attached hydrogens (tertiary/aromatic N) is 4. The Balaban J connectivity index is 1.53. The van der Waals surface area contributed by atoms with Gasteiger partial charge < -0.3 is 14.7 Å². The fourth-order valence-corrected chi connectivity index (χ4v) is 3.20. The molecule has 2 aromatic carbocycles. The number of amidine groups is 1. The van der Waals surface area contributed by atoms with Gasteiger partial charge in [0.25, 0.3) is 0 Å².